The van der Waals surface area contributed by atoms with E-state index in [0.717, 1.165) is 16.5 Å². The number of nitro groups is 1. The fourth-order valence-electron chi connectivity index (χ4n) is 2.98. The third kappa shape index (κ3) is 4.84. The first-order valence-electron chi connectivity index (χ1n) is 8.37. The van der Waals surface area contributed by atoms with Gasteiger partial charge >= 0.3 is 0 Å². The molecule has 7 nitrogen and oxygen atoms in total. The van der Waals surface area contributed by atoms with Gasteiger partial charge in [0.15, 0.2) is 0 Å². The van der Waals surface area contributed by atoms with Gasteiger partial charge < -0.3 is 16.0 Å². The molecule has 0 saturated carbocycles. The van der Waals surface area contributed by atoms with Crippen LogP contribution >= 0.6 is 12.4 Å². The van der Waals surface area contributed by atoms with Crippen LogP contribution in [0.2, 0.25) is 0 Å². The highest BCUT2D eigenvalue weighted by molar-refractivity contribution is 5.86. The van der Waals surface area contributed by atoms with Crippen molar-refractivity contribution in [2.24, 2.45) is 5.73 Å². The van der Waals surface area contributed by atoms with Gasteiger partial charge in [0.1, 0.15) is 0 Å². The number of carbonyl (C=O) groups is 1. The summed E-state index contributed by atoms with van der Waals surface area (Å²) in [7, 11) is 0. The van der Waals surface area contributed by atoms with Crippen LogP contribution in [0.1, 0.15) is 11.1 Å². The zero-order valence-corrected chi connectivity index (χ0v) is 15.4. The number of halogens is 1. The van der Waals surface area contributed by atoms with Crippen molar-refractivity contribution in [1.82, 2.24) is 10.3 Å². The normalized spacial score (nSPS) is 11.6. The van der Waals surface area contributed by atoms with Gasteiger partial charge in [0.05, 0.1) is 11.0 Å². The van der Waals surface area contributed by atoms with E-state index in [9.17, 15) is 14.9 Å². The number of nitrogens with zero attached hydrogens (tertiary/aromatic N) is 1. The molecule has 1 atom stereocenters. The summed E-state index contributed by atoms with van der Waals surface area (Å²) in [4.78, 5) is 26.0. The minimum atomic E-state index is -0.681. The topological polar surface area (TPSA) is 114 Å². The van der Waals surface area contributed by atoms with Crippen molar-refractivity contribution in [3.05, 3.63) is 76.0 Å². The number of amides is 1. The SMILES string of the molecule is Cl.N[C@@H](Cc1c[nH]c2ccccc12)C(=O)NCCc1ccccc1[N+](=O)[O-]. The molecule has 0 unspecified atom stereocenters. The van der Waals surface area contributed by atoms with Crippen LogP contribution in [-0.2, 0) is 17.6 Å². The molecule has 8 heteroatoms. The number of hydrogen-bond acceptors (Lipinski definition) is 4. The van der Waals surface area contributed by atoms with E-state index in [1.54, 1.807) is 18.2 Å². The Morgan fingerprint density at radius 2 is 1.85 bits per heavy atom. The number of aromatic nitrogens is 1. The number of aromatic amines is 1. The molecule has 1 aromatic heterocycles. The summed E-state index contributed by atoms with van der Waals surface area (Å²) in [5, 5.41) is 14.8. The van der Waals surface area contributed by atoms with Crippen LogP contribution in [-0.4, -0.2) is 28.4 Å². The van der Waals surface area contributed by atoms with Gasteiger partial charge in [-0.2, -0.15) is 0 Å². The standard InChI is InChI=1S/C19H20N4O3.ClH/c20-16(11-14-12-22-17-7-3-2-6-15(14)17)19(24)21-10-9-13-5-1-4-8-18(13)23(25)26;/h1-8,12,16,22H,9-11,20H2,(H,21,24);1H/t16-;/m0./s1. The molecule has 0 aliphatic carbocycles. The van der Waals surface area contributed by atoms with E-state index in [0.29, 0.717) is 24.9 Å². The second-order valence-electron chi connectivity index (χ2n) is 6.10. The van der Waals surface area contributed by atoms with E-state index in [1.165, 1.54) is 6.07 Å². The van der Waals surface area contributed by atoms with Gasteiger partial charge in [-0.3, -0.25) is 14.9 Å². The predicted octanol–water partition coefficient (Wildman–Crippen LogP) is 2.73. The van der Waals surface area contributed by atoms with Gasteiger partial charge in [-0.05, 0) is 24.5 Å². The van der Waals surface area contributed by atoms with Crippen molar-refractivity contribution in [3.63, 3.8) is 0 Å². The average molecular weight is 389 g/mol. The quantitative estimate of drug-likeness (QED) is 0.426. The maximum atomic E-state index is 12.2. The summed E-state index contributed by atoms with van der Waals surface area (Å²) in [5.41, 5.74) is 8.66. The Labute approximate surface area is 162 Å². The minimum absolute atomic E-state index is 0. The number of fused-ring (bicyclic) bond motifs is 1. The minimum Gasteiger partial charge on any atom is -0.361 e. The number of para-hydroxylation sites is 2. The van der Waals surface area contributed by atoms with E-state index >= 15 is 0 Å². The highest BCUT2D eigenvalue weighted by atomic mass is 35.5. The Balaban J connectivity index is 0.00000261. The zero-order valence-electron chi connectivity index (χ0n) is 14.6. The highest BCUT2D eigenvalue weighted by Gasteiger charge is 2.17. The van der Waals surface area contributed by atoms with Gasteiger partial charge in [0, 0.05) is 35.3 Å². The van der Waals surface area contributed by atoms with Gasteiger partial charge in [0.2, 0.25) is 5.91 Å². The molecule has 0 fully saturated rings. The Kier molecular flexibility index (Phi) is 6.92. The lowest BCUT2D eigenvalue weighted by Crippen LogP contribution is -2.42. The molecule has 142 valence electrons. The molecule has 0 spiro atoms. The summed E-state index contributed by atoms with van der Waals surface area (Å²) in [6.45, 7) is 0.297. The number of carbonyl (C=O) groups excluding carboxylic acids is 1. The van der Waals surface area contributed by atoms with Gasteiger partial charge in [-0.15, -0.1) is 12.4 Å². The first-order chi connectivity index (χ1) is 12.6. The highest BCUT2D eigenvalue weighted by Crippen LogP contribution is 2.19. The molecule has 1 heterocycles. The van der Waals surface area contributed by atoms with Crippen LogP contribution in [0.4, 0.5) is 5.69 Å². The van der Waals surface area contributed by atoms with Crippen LogP contribution in [0.5, 0.6) is 0 Å². The molecule has 0 aliphatic heterocycles. The van der Waals surface area contributed by atoms with Gasteiger partial charge in [0.25, 0.3) is 5.69 Å². The number of hydrogen-bond donors (Lipinski definition) is 3. The Bertz CT molecular complexity index is 941. The molecular formula is C19H21ClN4O3. The predicted molar refractivity (Wildman–Crippen MR) is 107 cm³/mol. The fourth-order valence-corrected chi connectivity index (χ4v) is 2.98. The van der Waals surface area contributed by atoms with Gasteiger partial charge in [-0.1, -0.05) is 36.4 Å². The number of rotatable bonds is 7. The molecule has 3 aromatic rings. The van der Waals surface area contributed by atoms with Crippen molar-refractivity contribution in [1.29, 1.82) is 0 Å². The Morgan fingerprint density at radius 1 is 1.15 bits per heavy atom. The first kappa shape index (κ1) is 20.4. The average Bonchev–Trinajstić information content (AvgIpc) is 3.05. The lowest BCUT2D eigenvalue weighted by molar-refractivity contribution is -0.385. The second kappa shape index (κ2) is 9.16. The van der Waals surface area contributed by atoms with E-state index in [-0.39, 0.29) is 24.0 Å². The number of H-pyrrole nitrogens is 1. The van der Waals surface area contributed by atoms with Crippen LogP contribution in [0.3, 0.4) is 0 Å². The molecule has 1 amide bonds. The van der Waals surface area contributed by atoms with Gasteiger partial charge in [-0.25, -0.2) is 0 Å². The number of nitro benzene ring substituents is 1. The van der Waals surface area contributed by atoms with Crippen LogP contribution in [0, 0.1) is 10.1 Å². The maximum Gasteiger partial charge on any atom is 0.272 e. The van der Waals surface area contributed by atoms with Crippen LogP contribution in [0.25, 0.3) is 10.9 Å². The third-order valence-corrected chi connectivity index (χ3v) is 4.33. The monoisotopic (exact) mass is 388 g/mol. The van der Waals surface area contributed by atoms with Crippen LogP contribution < -0.4 is 11.1 Å². The fraction of sp³-hybridized carbons (Fsp3) is 0.211. The van der Waals surface area contributed by atoms with Crippen molar-refractivity contribution >= 4 is 34.9 Å². The van der Waals surface area contributed by atoms with E-state index in [4.69, 9.17) is 5.73 Å². The zero-order chi connectivity index (χ0) is 18.5. The second-order valence-corrected chi connectivity index (χ2v) is 6.10. The molecule has 4 N–H and O–H groups in total. The van der Waals surface area contributed by atoms with Crippen molar-refractivity contribution < 1.29 is 9.72 Å². The Morgan fingerprint density at radius 3 is 2.63 bits per heavy atom. The van der Waals surface area contributed by atoms with Crippen molar-refractivity contribution in [2.45, 2.75) is 18.9 Å². The molecule has 0 bridgehead atoms. The molecule has 3 rings (SSSR count). The smallest absolute Gasteiger partial charge is 0.272 e. The molecule has 0 aliphatic rings. The van der Waals surface area contributed by atoms with E-state index < -0.39 is 11.0 Å². The number of nitrogens with two attached hydrogens (primary N) is 1. The summed E-state index contributed by atoms with van der Waals surface area (Å²) in [6, 6.07) is 13.7. The van der Waals surface area contributed by atoms with E-state index in [1.807, 2.05) is 30.5 Å². The largest absolute Gasteiger partial charge is 0.361 e. The first-order valence-corrected chi connectivity index (χ1v) is 8.37. The lowest BCUT2D eigenvalue weighted by atomic mass is 10.0. The summed E-state index contributed by atoms with van der Waals surface area (Å²) in [5.74, 6) is -0.270. The summed E-state index contributed by atoms with van der Waals surface area (Å²) >= 11 is 0. The molecule has 27 heavy (non-hydrogen) atoms. The summed E-state index contributed by atoms with van der Waals surface area (Å²) < 4.78 is 0. The number of benzene rings is 2. The third-order valence-electron chi connectivity index (χ3n) is 4.33. The van der Waals surface area contributed by atoms with Crippen molar-refractivity contribution in [3.8, 4) is 0 Å². The van der Waals surface area contributed by atoms with Crippen LogP contribution in [0.15, 0.2) is 54.7 Å². The Hall–Kier alpha value is -2.90. The summed E-state index contributed by atoms with van der Waals surface area (Å²) in [6.07, 6.45) is 2.66. The van der Waals surface area contributed by atoms with Crippen molar-refractivity contribution in [2.75, 3.05) is 6.54 Å². The van der Waals surface area contributed by atoms with E-state index in [2.05, 4.69) is 10.3 Å². The molecule has 2 aromatic carbocycles. The molecule has 0 radical (unpaired) electrons. The number of nitrogens with one attached hydrogen (secondary N) is 2. The maximum absolute atomic E-state index is 12.2. The molecular weight excluding hydrogens is 368 g/mol. The lowest BCUT2D eigenvalue weighted by Gasteiger charge is -2.12. The molecule has 0 saturated heterocycles.